The van der Waals surface area contributed by atoms with E-state index in [1.165, 1.54) is 17.8 Å². The number of hydrogen-bond acceptors (Lipinski definition) is 6. The molecule has 0 spiro atoms. The predicted octanol–water partition coefficient (Wildman–Crippen LogP) is 2.99. The largest absolute Gasteiger partial charge is 0.424 e. The smallest absolute Gasteiger partial charge is 0.251 e. The Morgan fingerprint density at radius 3 is 2.75 bits per heavy atom. The summed E-state index contributed by atoms with van der Waals surface area (Å²) in [5.74, 6) is 1.58. The molecule has 1 aromatic carbocycles. The Bertz CT molecular complexity index is 845. The molecule has 2 heterocycles. The van der Waals surface area contributed by atoms with Crippen LogP contribution in [0.15, 0.2) is 50.8 Å². The third kappa shape index (κ3) is 4.55. The maximum Gasteiger partial charge on any atom is 0.251 e. The monoisotopic (exact) mass is 342 g/mol. The first kappa shape index (κ1) is 16.4. The summed E-state index contributed by atoms with van der Waals surface area (Å²) in [4.78, 5) is 18.8. The minimum Gasteiger partial charge on any atom is -0.424 e. The summed E-state index contributed by atoms with van der Waals surface area (Å²) >= 11 is 1.38. The van der Waals surface area contributed by atoms with E-state index in [1.807, 2.05) is 30.3 Å². The standard InChI is InChI=1S/C17H18N4O2S/c1-2-6-13-10-14(22)19-17(18-13)24-11-16-21-20-15(23-16)9-12-7-4-3-5-8-12/h3-5,7-8,10H,2,6,9,11H2,1H3,(H,18,19,22). The molecule has 124 valence electrons. The first-order valence-electron chi connectivity index (χ1n) is 7.81. The van der Waals surface area contributed by atoms with Crippen molar-refractivity contribution >= 4 is 11.8 Å². The lowest BCUT2D eigenvalue weighted by Gasteiger charge is -2.01. The van der Waals surface area contributed by atoms with Crippen molar-refractivity contribution in [1.82, 2.24) is 20.2 Å². The van der Waals surface area contributed by atoms with Crippen LogP contribution in [0.25, 0.3) is 0 Å². The van der Waals surface area contributed by atoms with Crippen molar-refractivity contribution in [3.05, 3.63) is 69.8 Å². The van der Waals surface area contributed by atoms with Gasteiger partial charge in [-0.1, -0.05) is 55.4 Å². The average Bonchev–Trinajstić information content (AvgIpc) is 3.01. The minimum atomic E-state index is -0.133. The second kappa shape index (κ2) is 7.92. The summed E-state index contributed by atoms with van der Waals surface area (Å²) in [5.41, 5.74) is 1.80. The highest BCUT2D eigenvalue weighted by Gasteiger charge is 2.09. The number of hydrogen-bond donors (Lipinski definition) is 1. The molecule has 0 atom stereocenters. The Morgan fingerprint density at radius 1 is 1.17 bits per heavy atom. The number of benzene rings is 1. The number of rotatable bonds is 7. The highest BCUT2D eigenvalue weighted by Crippen LogP contribution is 2.18. The normalized spacial score (nSPS) is 10.9. The van der Waals surface area contributed by atoms with Gasteiger partial charge in [0, 0.05) is 11.8 Å². The molecule has 7 heteroatoms. The van der Waals surface area contributed by atoms with Crippen molar-refractivity contribution in [2.75, 3.05) is 0 Å². The van der Waals surface area contributed by atoms with Crippen molar-refractivity contribution < 1.29 is 4.42 Å². The van der Waals surface area contributed by atoms with E-state index in [-0.39, 0.29) is 5.56 Å². The van der Waals surface area contributed by atoms with Crippen LogP contribution in [0.5, 0.6) is 0 Å². The van der Waals surface area contributed by atoms with Gasteiger partial charge in [0.1, 0.15) is 0 Å². The molecular formula is C17H18N4O2S. The van der Waals surface area contributed by atoms with Crippen LogP contribution in [0.3, 0.4) is 0 Å². The lowest BCUT2D eigenvalue weighted by atomic mass is 10.2. The molecule has 0 saturated heterocycles. The van der Waals surface area contributed by atoms with E-state index in [0.29, 0.717) is 29.1 Å². The van der Waals surface area contributed by atoms with Crippen LogP contribution in [0.4, 0.5) is 0 Å². The quantitative estimate of drug-likeness (QED) is 0.525. The third-order valence-corrected chi connectivity index (χ3v) is 4.18. The van der Waals surface area contributed by atoms with Gasteiger partial charge in [0.15, 0.2) is 5.16 Å². The van der Waals surface area contributed by atoms with Crippen molar-refractivity contribution in [1.29, 1.82) is 0 Å². The molecule has 0 saturated carbocycles. The van der Waals surface area contributed by atoms with Gasteiger partial charge in [0.05, 0.1) is 12.2 Å². The molecule has 24 heavy (non-hydrogen) atoms. The van der Waals surface area contributed by atoms with Crippen LogP contribution in [-0.2, 0) is 18.6 Å². The number of aryl methyl sites for hydroxylation is 1. The van der Waals surface area contributed by atoms with Gasteiger partial charge >= 0.3 is 0 Å². The summed E-state index contributed by atoms with van der Waals surface area (Å²) in [6, 6.07) is 11.5. The number of aromatic nitrogens is 4. The molecule has 0 bridgehead atoms. The van der Waals surface area contributed by atoms with E-state index < -0.39 is 0 Å². The van der Waals surface area contributed by atoms with Gasteiger partial charge in [-0.3, -0.25) is 4.79 Å². The molecule has 0 radical (unpaired) electrons. The third-order valence-electron chi connectivity index (χ3n) is 3.32. The van der Waals surface area contributed by atoms with Gasteiger partial charge < -0.3 is 9.40 Å². The molecule has 6 nitrogen and oxygen atoms in total. The lowest BCUT2D eigenvalue weighted by molar-refractivity contribution is 0.474. The SMILES string of the molecule is CCCc1cc(=O)[nH]c(SCc2nnc(Cc3ccccc3)o2)n1. The maximum absolute atomic E-state index is 11.6. The summed E-state index contributed by atoms with van der Waals surface area (Å²) in [7, 11) is 0. The second-order valence-electron chi connectivity index (χ2n) is 5.33. The molecule has 0 aliphatic rings. The van der Waals surface area contributed by atoms with Gasteiger partial charge in [0.25, 0.3) is 5.56 Å². The predicted molar refractivity (Wildman–Crippen MR) is 92.0 cm³/mol. The molecule has 0 amide bonds. The number of nitrogens with one attached hydrogen (secondary N) is 1. The van der Waals surface area contributed by atoms with E-state index in [9.17, 15) is 4.79 Å². The van der Waals surface area contributed by atoms with Gasteiger partial charge in [-0.05, 0) is 12.0 Å². The average molecular weight is 342 g/mol. The van der Waals surface area contributed by atoms with Crippen molar-refractivity contribution in [2.24, 2.45) is 0 Å². The van der Waals surface area contributed by atoms with Gasteiger partial charge in [-0.2, -0.15) is 0 Å². The molecule has 3 aromatic rings. The molecule has 2 aromatic heterocycles. The molecular weight excluding hydrogens is 324 g/mol. The number of aromatic amines is 1. The summed E-state index contributed by atoms with van der Waals surface area (Å²) < 4.78 is 5.65. The van der Waals surface area contributed by atoms with E-state index in [2.05, 4.69) is 27.1 Å². The zero-order chi connectivity index (χ0) is 16.8. The highest BCUT2D eigenvalue weighted by molar-refractivity contribution is 7.98. The zero-order valence-corrected chi connectivity index (χ0v) is 14.2. The van der Waals surface area contributed by atoms with Gasteiger partial charge in [-0.15, -0.1) is 10.2 Å². The number of thioether (sulfide) groups is 1. The molecule has 1 N–H and O–H groups in total. The Labute approximate surface area is 143 Å². The van der Waals surface area contributed by atoms with Crippen LogP contribution in [0.2, 0.25) is 0 Å². The summed E-state index contributed by atoms with van der Waals surface area (Å²) in [6.45, 7) is 2.06. The van der Waals surface area contributed by atoms with Crippen LogP contribution in [-0.4, -0.2) is 20.2 Å². The molecule has 0 aliphatic heterocycles. The van der Waals surface area contributed by atoms with Crippen molar-refractivity contribution in [2.45, 2.75) is 37.1 Å². The summed E-state index contributed by atoms with van der Waals surface area (Å²) in [6.07, 6.45) is 2.35. The first-order valence-corrected chi connectivity index (χ1v) is 8.79. The van der Waals surface area contributed by atoms with Crippen LogP contribution in [0, 0.1) is 0 Å². The lowest BCUT2D eigenvalue weighted by Crippen LogP contribution is -2.09. The molecule has 0 aliphatic carbocycles. The van der Waals surface area contributed by atoms with Crippen LogP contribution in [0.1, 0.15) is 36.4 Å². The molecule has 0 fully saturated rings. The van der Waals surface area contributed by atoms with E-state index >= 15 is 0 Å². The molecule has 0 unspecified atom stereocenters. The Balaban J connectivity index is 1.62. The maximum atomic E-state index is 11.6. The number of nitrogens with zero attached hydrogens (tertiary/aromatic N) is 3. The fourth-order valence-corrected chi connectivity index (χ4v) is 2.99. The highest BCUT2D eigenvalue weighted by atomic mass is 32.2. The Kier molecular flexibility index (Phi) is 5.43. The number of H-pyrrole nitrogens is 1. The van der Waals surface area contributed by atoms with E-state index in [0.717, 1.165) is 24.1 Å². The first-order chi connectivity index (χ1) is 11.7. The molecule has 3 rings (SSSR count). The van der Waals surface area contributed by atoms with Crippen molar-refractivity contribution in [3.8, 4) is 0 Å². The minimum absolute atomic E-state index is 0.133. The van der Waals surface area contributed by atoms with Gasteiger partial charge in [-0.25, -0.2) is 4.98 Å². The summed E-state index contributed by atoms with van der Waals surface area (Å²) in [5, 5.41) is 8.69. The fourth-order valence-electron chi connectivity index (χ4n) is 2.25. The van der Waals surface area contributed by atoms with Crippen molar-refractivity contribution in [3.63, 3.8) is 0 Å². The van der Waals surface area contributed by atoms with E-state index in [4.69, 9.17) is 4.42 Å². The van der Waals surface area contributed by atoms with E-state index in [1.54, 1.807) is 0 Å². The van der Waals surface area contributed by atoms with Crippen LogP contribution >= 0.6 is 11.8 Å². The van der Waals surface area contributed by atoms with Crippen LogP contribution < -0.4 is 5.56 Å². The van der Waals surface area contributed by atoms with Gasteiger partial charge in [0.2, 0.25) is 11.8 Å². The Morgan fingerprint density at radius 2 is 1.96 bits per heavy atom. The topological polar surface area (TPSA) is 84.7 Å². The Hall–Kier alpha value is -2.41. The zero-order valence-electron chi connectivity index (χ0n) is 13.4. The fraction of sp³-hybridized carbons (Fsp3) is 0.294. The second-order valence-corrected chi connectivity index (χ2v) is 6.30.